The van der Waals surface area contributed by atoms with Crippen LogP contribution >= 0.6 is 0 Å². The third-order valence-electron chi connectivity index (χ3n) is 9.65. The number of fused-ring (bicyclic) bond motifs is 1. The van der Waals surface area contributed by atoms with Crippen molar-refractivity contribution in [2.24, 2.45) is 10.9 Å². The molecule has 0 atom stereocenters. The van der Waals surface area contributed by atoms with Crippen LogP contribution in [0.4, 0.5) is 5.82 Å². The predicted octanol–water partition coefficient (Wildman–Crippen LogP) is 6.82. The molecular weight excluding hydrogens is 693 g/mol. The largest absolute Gasteiger partial charge is 0.409 e. The summed E-state index contributed by atoms with van der Waals surface area (Å²) in [5.74, 6) is 1.05. The number of rotatable bonds is 19. The summed E-state index contributed by atoms with van der Waals surface area (Å²) >= 11 is 0. The number of nitrogens with zero attached hydrogens (tertiary/aromatic N) is 7. The van der Waals surface area contributed by atoms with Crippen LogP contribution < -0.4 is 10.6 Å². The van der Waals surface area contributed by atoms with Gasteiger partial charge in [0.15, 0.2) is 11.5 Å². The molecule has 0 aliphatic heterocycles. The van der Waals surface area contributed by atoms with Gasteiger partial charge in [0, 0.05) is 71.5 Å². The summed E-state index contributed by atoms with van der Waals surface area (Å²) in [7, 11) is -0.934. The van der Waals surface area contributed by atoms with Crippen molar-refractivity contribution in [1.82, 2.24) is 24.4 Å². The first-order valence-corrected chi connectivity index (χ1v) is 25.7. The molecule has 0 saturated heterocycles. The molecule has 1 saturated carbocycles. The van der Waals surface area contributed by atoms with Crippen molar-refractivity contribution < 1.29 is 24.2 Å². The average molecular weight is 751 g/mol. The fourth-order valence-corrected chi connectivity index (χ4v) is 7.84. The Morgan fingerprint density at radius 1 is 0.942 bits per heavy atom. The zero-order valence-corrected chi connectivity index (χ0v) is 34.0. The first-order valence-electron chi connectivity index (χ1n) is 18.3. The smallest absolute Gasteiger partial charge is 0.171 e. The molecular formula is C37H58N8O5Si2. The lowest BCUT2D eigenvalue weighted by atomic mass is 9.76. The zero-order chi connectivity index (χ0) is 37.4. The molecule has 52 heavy (non-hydrogen) atoms. The summed E-state index contributed by atoms with van der Waals surface area (Å²) in [6, 6.07) is 14.3. The summed E-state index contributed by atoms with van der Waals surface area (Å²) in [5.41, 5.74) is 9.84. The number of oxime groups is 1. The van der Waals surface area contributed by atoms with Crippen LogP contribution in [0.1, 0.15) is 37.3 Å². The van der Waals surface area contributed by atoms with Crippen molar-refractivity contribution in [3.63, 3.8) is 0 Å². The highest BCUT2D eigenvalue weighted by Gasteiger charge is 2.41. The van der Waals surface area contributed by atoms with Crippen LogP contribution in [0.25, 0.3) is 22.5 Å². The maximum absolute atomic E-state index is 9.66. The van der Waals surface area contributed by atoms with E-state index in [0.717, 1.165) is 58.9 Å². The summed E-state index contributed by atoms with van der Waals surface area (Å²) < 4.78 is 27.9. The van der Waals surface area contributed by atoms with Crippen LogP contribution in [-0.2, 0) is 18.9 Å². The average Bonchev–Trinajstić information content (AvgIpc) is 3.78. The molecule has 1 aliphatic rings. The van der Waals surface area contributed by atoms with Gasteiger partial charge >= 0.3 is 0 Å². The van der Waals surface area contributed by atoms with Crippen molar-refractivity contribution >= 4 is 33.4 Å². The number of hydrogen-bond donors (Lipinski definition) is 2. The van der Waals surface area contributed by atoms with Crippen LogP contribution in [0, 0.1) is 0 Å². The van der Waals surface area contributed by atoms with Crippen LogP contribution in [0.3, 0.4) is 0 Å². The van der Waals surface area contributed by atoms with Gasteiger partial charge in [-0.1, -0.05) is 62.6 Å². The first kappa shape index (κ1) is 39.6. The minimum Gasteiger partial charge on any atom is -0.409 e. The van der Waals surface area contributed by atoms with Gasteiger partial charge in [0.05, 0.1) is 31.3 Å². The van der Waals surface area contributed by atoms with E-state index in [2.05, 4.69) is 60.5 Å². The zero-order valence-electron chi connectivity index (χ0n) is 32.0. The van der Waals surface area contributed by atoms with E-state index in [4.69, 9.17) is 34.8 Å². The number of para-hydroxylation sites is 1. The predicted molar refractivity (Wildman–Crippen MR) is 211 cm³/mol. The van der Waals surface area contributed by atoms with Gasteiger partial charge in [0.25, 0.3) is 0 Å². The molecule has 1 aliphatic carbocycles. The van der Waals surface area contributed by atoms with E-state index in [9.17, 15) is 5.21 Å². The lowest BCUT2D eigenvalue weighted by Crippen LogP contribution is -2.49. The molecule has 0 unspecified atom stereocenters. The fourth-order valence-electron chi connectivity index (χ4n) is 6.33. The molecule has 3 aromatic heterocycles. The van der Waals surface area contributed by atoms with Gasteiger partial charge in [-0.25, -0.2) is 9.67 Å². The molecule has 0 bridgehead atoms. The van der Waals surface area contributed by atoms with Crippen LogP contribution in [0.2, 0.25) is 51.4 Å². The topological polar surface area (TPSA) is 147 Å². The number of nitrogens with two attached hydrogens (primary N) is 1. The SMILES string of the molecule is COCCOC1(/C(N)=N/O)CCC(c2cc(N(COCC[Si](C)(C)C)COCC[Si](C)(C)C)n3ncc(-c4cnn(-c5ccccc5)c4)c3n2)CC1. The second-order valence-electron chi connectivity index (χ2n) is 16.2. The number of anilines is 1. The number of ether oxygens (including phenoxy) is 4. The van der Waals surface area contributed by atoms with E-state index >= 15 is 0 Å². The summed E-state index contributed by atoms with van der Waals surface area (Å²) in [6.45, 7) is 17.0. The molecule has 1 fully saturated rings. The summed E-state index contributed by atoms with van der Waals surface area (Å²) in [5, 5.41) is 22.6. The van der Waals surface area contributed by atoms with Gasteiger partial charge in [-0.2, -0.15) is 14.7 Å². The number of benzene rings is 1. The molecule has 0 radical (unpaired) electrons. The van der Waals surface area contributed by atoms with E-state index in [1.807, 2.05) is 58.1 Å². The van der Waals surface area contributed by atoms with Crippen molar-refractivity contribution in [2.45, 2.75) is 88.6 Å². The van der Waals surface area contributed by atoms with Gasteiger partial charge < -0.3 is 34.8 Å². The monoisotopic (exact) mass is 750 g/mol. The van der Waals surface area contributed by atoms with Crippen molar-refractivity contribution in [3.05, 3.63) is 60.7 Å². The van der Waals surface area contributed by atoms with Gasteiger partial charge in [-0.15, -0.1) is 0 Å². The Hall–Kier alpha value is -3.61. The minimum atomic E-state index is -1.28. The normalized spacial score (nSPS) is 18.7. The number of aromatic nitrogens is 5. The number of methoxy groups -OCH3 is 1. The first-order chi connectivity index (χ1) is 24.8. The highest BCUT2D eigenvalue weighted by molar-refractivity contribution is 6.76. The minimum absolute atomic E-state index is 0.0942. The Labute approximate surface area is 310 Å². The van der Waals surface area contributed by atoms with E-state index in [1.165, 1.54) is 0 Å². The maximum Gasteiger partial charge on any atom is 0.171 e. The van der Waals surface area contributed by atoms with Gasteiger partial charge in [-0.05, 0) is 49.9 Å². The fraction of sp³-hybridized carbons (Fsp3) is 0.568. The maximum atomic E-state index is 9.66. The Morgan fingerprint density at radius 2 is 1.60 bits per heavy atom. The molecule has 4 aromatic rings. The van der Waals surface area contributed by atoms with E-state index in [1.54, 1.807) is 7.11 Å². The van der Waals surface area contributed by atoms with Gasteiger partial charge in [0.1, 0.15) is 24.9 Å². The third kappa shape index (κ3) is 10.3. The lowest BCUT2D eigenvalue weighted by Gasteiger charge is -2.39. The Kier molecular flexibility index (Phi) is 13.3. The van der Waals surface area contributed by atoms with Crippen molar-refractivity contribution in [3.8, 4) is 16.8 Å². The molecule has 284 valence electrons. The van der Waals surface area contributed by atoms with E-state index < -0.39 is 21.7 Å². The van der Waals surface area contributed by atoms with Crippen molar-refractivity contribution in [1.29, 1.82) is 0 Å². The molecule has 3 heterocycles. The third-order valence-corrected chi connectivity index (χ3v) is 13.1. The molecule has 3 N–H and O–H groups in total. The Bertz CT molecular complexity index is 1720. The number of amidine groups is 1. The highest BCUT2D eigenvalue weighted by atomic mass is 28.3. The van der Waals surface area contributed by atoms with Gasteiger partial charge in [0.2, 0.25) is 0 Å². The molecule has 5 rings (SSSR count). The second kappa shape index (κ2) is 17.5. The Balaban J connectivity index is 1.52. The van der Waals surface area contributed by atoms with E-state index in [-0.39, 0.29) is 11.8 Å². The van der Waals surface area contributed by atoms with Crippen LogP contribution in [-0.4, -0.2) is 104 Å². The van der Waals surface area contributed by atoms with Gasteiger partial charge in [-0.3, -0.25) is 0 Å². The second-order valence-corrected chi connectivity index (χ2v) is 27.4. The summed E-state index contributed by atoms with van der Waals surface area (Å²) in [4.78, 5) is 7.43. The Morgan fingerprint density at radius 3 is 2.19 bits per heavy atom. The molecule has 15 heteroatoms. The summed E-state index contributed by atoms with van der Waals surface area (Å²) in [6.07, 6.45) is 8.38. The lowest BCUT2D eigenvalue weighted by molar-refractivity contribution is -0.0434. The molecule has 13 nitrogen and oxygen atoms in total. The highest BCUT2D eigenvalue weighted by Crippen LogP contribution is 2.41. The number of hydrogen-bond acceptors (Lipinski definition) is 10. The quantitative estimate of drug-likeness (QED) is 0.0199. The molecule has 0 spiro atoms. The standard InChI is InChI=1S/C37H58N8O5Si2/c1-47-17-18-50-37(36(38)42-46)15-13-29(14-16-37)33-23-34(43(27-48-19-21-51(2,3)4)28-49-20-22-52(5,6)7)45-35(41-33)32(25-40-45)30-24-39-44(26-30)31-11-9-8-10-12-31/h8-12,23-26,29,46H,13-22,27-28H2,1-7H3,(H2,38,42). The van der Waals surface area contributed by atoms with Crippen LogP contribution in [0.15, 0.2) is 60.1 Å². The van der Waals surface area contributed by atoms with Crippen LogP contribution in [0.5, 0.6) is 0 Å². The molecule has 0 amide bonds. The molecule has 1 aromatic carbocycles. The van der Waals surface area contributed by atoms with E-state index in [0.29, 0.717) is 52.7 Å². The van der Waals surface area contributed by atoms with Crippen molar-refractivity contribution in [2.75, 3.05) is 51.9 Å².